The predicted molar refractivity (Wildman–Crippen MR) is 47.8 cm³/mol. The minimum atomic E-state index is -0.740. The van der Waals surface area contributed by atoms with E-state index in [1.54, 1.807) is 20.8 Å². The first-order valence-corrected chi connectivity index (χ1v) is 3.75. The van der Waals surface area contributed by atoms with Gasteiger partial charge in [-0.1, -0.05) is 0 Å². The molecule has 0 saturated carbocycles. The van der Waals surface area contributed by atoms with Gasteiger partial charge in [0.05, 0.1) is 0 Å². The van der Waals surface area contributed by atoms with Crippen molar-refractivity contribution in [3.63, 3.8) is 0 Å². The van der Waals surface area contributed by atoms with Crippen molar-refractivity contribution < 1.29 is 14.3 Å². The quantitative estimate of drug-likeness (QED) is 0.526. The zero-order valence-electron chi connectivity index (χ0n) is 8.25. The van der Waals surface area contributed by atoms with Crippen LogP contribution in [0, 0.1) is 12.3 Å². The first kappa shape index (κ1) is 11.5. The van der Waals surface area contributed by atoms with Gasteiger partial charge in [-0.05, 0) is 26.7 Å². The third kappa shape index (κ3) is 4.16. The topological polar surface area (TPSA) is 46.6 Å². The van der Waals surface area contributed by atoms with Gasteiger partial charge in [-0.15, -0.1) is 6.42 Å². The summed E-state index contributed by atoms with van der Waals surface area (Å²) in [6, 6.07) is 0. The lowest BCUT2D eigenvalue weighted by atomic mass is 10.2. The average Bonchev–Trinajstić information content (AvgIpc) is 1.98. The zero-order chi connectivity index (χ0) is 10.6. The van der Waals surface area contributed by atoms with Crippen molar-refractivity contribution >= 4 is 12.0 Å². The van der Waals surface area contributed by atoms with E-state index in [0.29, 0.717) is 0 Å². The molecule has 0 aliphatic carbocycles. The molecule has 0 aromatic rings. The van der Waals surface area contributed by atoms with Crippen molar-refractivity contribution in [2.75, 3.05) is 7.05 Å². The van der Waals surface area contributed by atoms with E-state index in [-0.39, 0.29) is 0 Å². The predicted octanol–water partition coefficient (Wildman–Crippen LogP) is 1.01. The highest BCUT2D eigenvalue weighted by molar-refractivity contribution is 6.01. The Balaban J connectivity index is 4.31. The molecule has 0 radical (unpaired) electrons. The fraction of sp³-hybridized carbons (Fsp3) is 0.556. The Bertz CT molecular complexity index is 257. The summed E-state index contributed by atoms with van der Waals surface area (Å²) < 4.78 is 4.89. The van der Waals surface area contributed by atoms with Crippen LogP contribution in [0.15, 0.2) is 0 Å². The van der Waals surface area contributed by atoms with E-state index in [9.17, 15) is 9.59 Å². The van der Waals surface area contributed by atoms with E-state index >= 15 is 0 Å². The van der Waals surface area contributed by atoms with Crippen LogP contribution in [-0.4, -0.2) is 29.5 Å². The molecule has 0 spiro atoms. The maximum Gasteiger partial charge on any atom is 0.417 e. The molecular formula is C9H13NO3. The van der Waals surface area contributed by atoms with Gasteiger partial charge in [0.1, 0.15) is 5.60 Å². The first-order chi connectivity index (χ1) is 5.78. The van der Waals surface area contributed by atoms with Crippen LogP contribution in [0.2, 0.25) is 0 Å². The minimum Gasteiger partial charge on any atom is -0.443 e. The van der Waals surface area contributed by atoms with Gasteiger partial charge in [0.2, 0.25) is 0 Å². The van der Waals surface area contributed by atoms with Crippen molar-refractivity contribution in [2.45, 2.75) is 26.4 Å². The van der Waals surface area contributed by atoms with Gasteiger partial charge in [-0.25, -0.2) is 9.69 Å². The van der Waals surface area contributed by atoms with Gasteiger partial charge < -0.3 is 4.74 Å². The average molecular weight is 183 g/mol. The van der Waals surface area contributed by atoms with Crippen LogP contribution in [-0.2, 0) is 9.53 Å². The highest BCUT2D eigenvalue weighted by Gasteiger charge is 2.22. The van der Waals surface area contributed by atoms with E-state index in [0.717, 1.165) is 4.90 Å². The maximum atomic E-state index is 11.1. The van der Waals surface area contributed by atoms with Crippen LogP contribution in [0.5, 0.6) is 0 Å². The van der Waals surface area contributed by atoms with Crippen LogP contribution < -0.4 is 0 Å². The van der Waals surface area contributed by atoms with E-state index < -0.39 is 17.6 Å². The molecule has 0 unspecified atom stereocenters. The number of rotatable bonds is 0. The number of carbonyl (C=O) groups is 2. The molecule has 4 heteroatoms. The molecule has 4 nitrogen and oxygen atoms in total. The number of nitrogens with zero attached hydrogens (tertiary/aromatic N) is 1. The van der Waals surface area contributed by atoms with Crippen molar-refractivity contribution in [1.29, 1.82) is 0 Å². The van der Waals surface area contributed by atoms with Crippen LogP contribution in [0.25, 0.3) is 0 Å². The van der Waals surface area contributed by atoms with E-state index in [2.05, 4.69) is 0 Å². The Kier molecular flexibility index (Phi) is 3.49. The molecule has 0 rings (SSSR count). The van der Waals surface area contributed by atoms with Crippen molar-refractivity contribution in [3.05, 3.63) is 0 Å². The van der Waals surface area contributed by atoms with Gasteiger partial charge in [-0.3, -0.25) is 4.79 Å². The minimum absolute atomic E-state index is 0.625. The number of carbonyl (C=O) groups excluding carboxylic acids is 2. The molecule has 0 atom stereocenters. The smallest absolute Gasteiger partial charge is 0.417 e. The Hall–Kier alpha value is -1.50. The number of ether oxygens (including phenoxy) is 1. The standard InChI is InChI=1S/C9H13NO3/c1-6-7(11)10(5)8(12)13-9(2,3)4/h1H,2-5H3. The third-order valence-electron chi connectivity index (χ3n) is 1.10. The van der Waals surface area contributed by atoms with E-state index in [1.807, 2.05) is 5.92 Å². The summed E-state index contributed by atoms with van der Waals surface area (Å²) in [6.07, 6.45) is 4.09. The maximum absolute atomic E-state index is 11.1. The summed E-state index contributed by atoms with van der Waals surface area (Å²) in [7, 11) is 1.27. The molecule has 2 amide bonds. The normalized spacial score (nSPS) is 10.1. The number of amides is 2. The Morgan fingerprint density at radius 1 is 1.38 bits per heavy atom. The number of hydrogen-bond donors (Lipinski definition) is 0. The Morgan fingerprint density at radius 2 is 1.85 bits per heavy atom. The van der Waals surface area contributed by atoms with Gasteiger partial charge in [-0.2, -0.15) is 0 Å². The van der Waals surface area contributed by atoms with Gasteiger partial charge in [0, 0.05) is 7.05 Å². The highest BCUT2D eigenvalue weighted by Crippen LogP contribution is 2.08. The SMILES string of the molecule is C#CC(=O)N(C)C(=O)OC(C)(C)C. The fourth-order valence-electron chi connectivity index (χ4n) is 0.510. The molecule has 0 heterocycles. The molecule has 0 fully saturated rings. The Morgan fingerprint density at radius 3 is 2.15 bits per heavy atom. The summed E-state index contributed by atoms with van der Waals surface area (Å²) in [5, 5.41) is 0. The monoisotopic (exact) mass is 183 g/mol. The summed E-state index contributed by atoms with van der Waals surface area (Å²) >= 11 is 0. The van der Waals surface area contributed by atoms with Crippen LogP contribution in [0.3, 0.4) is 0 Å². The Labute approximate surface area is 77.9 Å². The fourth-order valence-corrected chi connectivity index (χ4v) is 0.510. The number of hydrogen-bond acceptors (Lipinski definition) is 3. The molecule has 0 N–H and O–H groups in total. The molecule has 13 heavy (non-hydrogen) atoms. The lowest BCUT2D eigenvalue weighted by Gasteiger charge is -2.22. The lowest BCUT2D eigenvalue weighted by Crippen LogP contribution is -2.37. The van der Waals surface area contributed by atoms with Crippen LogP contribution in [0.4, 0.5) is 4.79 Å². The molecular weight excluding hydrogens is 170 g/mol. The second-order valence-corrected chi connectivity index (χ2v) is 3.49. The van der Waals surface area contributed by atoms with Crippen LogP contribution >= 0.6 is 0 Å². The van der Waals surface area contributed by atoms with E-state index in [4.69, 9.17) is 11.2 Å². The molecule has 0 aromatic carbocycles. The first-order valence-electron chi connectivity index (χ1n) is 3.75. The molecule has 0 bridgehead atoms. The van der Waals surface area contributed by atoms with Crippen molar-refractivity contribution in [1.82, 2.24) is 4.90 Å². The summed E-state index contributed by atoms with van der Waals surface area (Å²) in [6.45, 7) is 5.12. The largest absolute Gasteiger partial charge is 0.443 e. The molecule has 0 saturated heterocycles. The van der Waals surface area contributed by atoms with Crippen molar-refractivity contribution in [3.8, 4) is 12.3 Å². The molecule has 0 aliphatic heterocycles. The number of imide groups is 1. The highest BCUT2D eigenvalue weighted by atomic mass is 16.6. The van der Waals surface area contributed by atoms with Crippen LogP contribution in [0.1, 0.15) is 20.8 Å². The second kappa shape index (κ2) is 3.94. The summed E-state index contributed by atoms with van der Waals surface area (Å²) in [5.74, 6) is 1.10. The molecule has 0 aliphatic rings. The molecule has 0 aromatic heterocycles. The zero-order valence-corrected chi connectivity index (χ0v) is 8.25. The van der Waals surface area contributed by atoms with Gasteiger partial charge in [0.15, 0.2) is 0 Å². The summed E-state index contributed by atoms with van der Waals surface area (Å²) in [4.78, 5) is 22.7. The van der Waals surface area contributed by atoms with E-state index in [1.165, 1.54) is 7.05 Å². The molecule has 72 valence electrons. The second-order valence-electron chi connectivity index (χ2n) is 3.49. The van der Waals surface area contributed by atoms with Gasteiger partial charge >= 0.3 is 12.0 Å². The third-order valence-corrected chi connectivity index (χ3v) is 1.10. The van der Waals surface area contributed by atoms with Gasteiger partial charge in [0.25, 0.3) is 0 Å². The van der Waals surface area contributed by atoms with Crippen molar-refractivity contribution in [2.24, 2.45) is 0 Å². The summed E-state index contributed by atoms with van der Waals surface area (Å²) in [5.41, 5.74) is -0.625. The lowest BCUT2D eigenvalue weighted by molar-refractivity contribution is -0.123. The number of terminal acetylenes is 1.